The Balaban J connectivity index is 2.25. The largest absolute Gasteiger partial charge is 0.310 e. The highest BCUT2D eigenvalue weighted by molar-refractivity contribution is 9.10. The van der Waals surface area contributed by atoms with Gasteiger partial charge in [0.1, 0.15) is 5.82 Å². The second-order valence-electron chi connectivity index (χ2n) is 4.80. The van der Waals surface area contributed by atoms with Gasteiger partial charge in [0.25, 0.3) is 0 Å². The van der Waals surface area contributed by atoms with Crippen LogP contribution in [0, 0.1) is 12.7 Å². The molecule has 1 atom stereocenters. The maximum atomic E-state index is 13.3. The van der Waals surface area contributed by atoms with Crippen LogP contribution >= 0.6 is 15.9 Å². The van der Waals surface area contributed by atoms with Crippen LogP contribution in [0.4, 0.5) is 4.39 Å². The molecule has 1 heterocycles. The zero-order chi connectivity index (χ0) is 14.5. The SMILES string of the molecule is CCNC(Cc1ccc(F)c(Br)c1)c1ccncc1C. The first kappa shape index (κ1) is 15.1. The zero-order valence-electron chi connectivity index (χ0n) is 11.7. The predicted octanol–water partition coefficient (Wildman–Crippen LogP) is 4.18. The molecule has 0 spiro atoms. The summed E-state index contributed by atoms with van der Waals surface area (Å²) in [6, 6.07) is 7.43. The summed E-state index contributed by atoms with van der Waals surface area (Å²) < 4.78 is 13.8. The first-order chi connectivity index (χ1) is 9.61. The zero-order valence-corrected chi connectivity index (χ0v) is 13.2. The molecular formula is C16H18BrFN2. The van der Waals surface area contributed by atoms with Gasteiger partial charge in [-0.05, 0) is 70.7 Å². The minimum absolute atomic E-state index is 0.209. The highest BCUT2D eigenvalue weighted by Gasteiger charge is 2.14. The number of nitrogens with one attached hydrogen (secondary N) is 1. The molecule has 1 aromatic heterocycles. The van der Waals surface area contributed by atoms with Gasteiger partial charge in [0.05, 0.1) is 4.47 Å². The fourth-order valence-corrected chi connectivity index (χ4v) is 2.74. The lowest BCUT2D eigenvalue weighted by molar-refractivity contribution is 0.545. The van der Waals surface area contributed by atoms with Gasteiger partial charge in [0, 0.05) is 18.4 Å². The van der Waals surface area contributed by atoms with E-state index in [0.717, 1.165) is 18.5 Å². The van der Waals surface area contributed by atoms with E-state index in [1.807, 2.05) is 30.6 Å². The first-order valence-corrected chi connectivity index (χ1v) is 7.49. The number of rotatable bonds is 5. The number of aromatic nitrogens is 1. The van der Waals surface area contributed by atoms with Crippen molar-refractivity contribution in [1.29, 1.82) is 0 Å². The van der Waals surface area contributed by atoms with Gasteiger partial charge in [-0.2, -0.15) is 0 Å². The van der Waals surface area contributed by atoms with Crippen LogP contribution in [0.25, 0.3) is 0 Å². The third-order valence-electron chi connectivity index (χ3n) is 3.31. The molecule has 0 saturated heterocycles. The van der Waals surface area contributed by atoms with Crippen LogP contribution in [0.1, 0.15) is 29.7 Å². The first-order valence-electron chi connectivity index (χ1n) is 6.69. The number of hydrogen-bond acceptors (Lipinski definition) is 2. The highest BCUT2D eigenvalue weighted by Crippen LogP contribution is 2.24. The van der Waals surface area contributed by atoms with Crippen molar-refractivity contribution in [2.24, 2.45) is 0 Å². The lowest BCUT2D eigenvalue weighted by Crippen LogP contribution is -2.23. The molecule has 0 aliphatic carbocycles. The molecule has 1 aromatic carbocycles. The smallest absolute Gasteiger partial charge is 0.137 e. The summed E-state index contributed by atoms with van der Waals surface area (Å²) in [4.78, 5) is 4.14. The molecule has 2 rings (SSSR count). The Morgan fingerprint density at radius 3 is 2.80 bits per heavy atom. The fraction of sp³-hybridized carbons (Fsp3) is 0.312. The molecular weight excluding hydrogens is 319 g/mol. The molecule has 0 radical (unpaired) electrons. The van der Waals surface area contributed by atoms with Gasteiger partial charge in [-0.15, -0.1) is 0 Å². The van der Waals surface area contributed by atoms with Crippen molar-refractivity contribution in [3.63, 3.8) is 0 Å². The second kappa shape index (κ2) is 6.95. The lowest BCUT2D eigenvalue weighted by atomic mass is 9.96. The van der Waals surface area contributed by atoms with Crippen LogP contribution in [0.3, 0.4) is 0 Å². The van der Waals surface area contributed by atoms with Crippen molar-refractivity contribution in [2.75, 3.05) is 6.54 Å². The quantitative estimate of drug-likeness (QED) is 0.885. The number of hydrogen-bond donors (Lipinski definition) is 1. The number of pyridine rings is 1. The van der Waals surface area contributed by atoms with E-state index in [2.05, 4.69) is 40.1 Å². The molecule has 2 nitrogen and oxygen atoms in total. The minimum Gasteiger partial charge on any atom is -0.310 e. The maximum Gasteiger partial charge on any atom is 0.137 e. The van der Waals surface area contributed by atoms with Gasteiger partial charge >= 0.3 is 0 Å². The normalized spacial score (nSPS) is 12.4. The average Bonchev–Trinajstić information content (AvgIpc) is 2.43. The van der Waals surface area contributed by atoms with Gasteiger partial charge in [-0.1, -0.05) is 13.0 Å². The Labute approximate surface area is 127 Å². The fourth-order valence-electron chi connectivity index (χ4n) is 2.32. The molecule has 1 N–H and O–H groups in total. The Hall–Kier alpha value is -1.26. The van der Waals surface area contributed by atoms with Crippen molar-refractivity contribution in [2.45, 2.75) is 26.3 Å². The van der Waals surface area contributed by atoms with Crippen LogP contribution in [-0.4, -0.2) is 11.5 Å². The number of benzene rings is 1. The molecule has 106 valence electrons. The standard InChI is InChI=1S/C16H18BrFN2/c1-3-20-16(13-6-7-19-10-11(13)2)9-12-4-5-15(18)14(17)8-12/h4-8,10,16,20H,3,9H2,1-2H3. The number of aryl methyl sites for hydroxylation is 1. The molecule has 0 fully saturated rings. The molecule has 0 saturated carbocycles. The van der Waals surface area contributed by atoms with Gasteiger partial charge in [-0.3, -0.25) is 4.98 Å². The summed E-state index contributed by atoms with van der Waals surface area (Å²) in [7, 11) is 0. The van der Waals surface area contributed by atoms with Crippen molar-refractivity contribution in [3.05, 3.63) is 63.6 Å². The van der Waals surface area contributed by atoms with E-state index in [9.17, 15) is 4.39 Å². The van der Waals surface area contributed by atoms with Crippen LogP contribution < -0.4 is 5.32 Å². The van der Waals surface area contributed by atoms with E-state index in [0.29, 0.717) is 4.47 Å². The van der Waals surface area contributed by atoms with Gasteiger partial charge in [0.2, 0.25) is 0 Å². The molecule has 1 unspecified atom stereocenters. The Morgan fingerprint density at radius 2 is 2.15 bits per heavy atom. The third-order valence-corrected chi connectivity index (χ3v) is 3.92. The van der Waals surface area contributed by atoms with E-state index in [1.165, 1.54) is 17.2 Å². The van der Waals surface area contributed by atoms with E-state index >= 15 is 0 Å². The number of nitrogens with zero attached hydrogens (tertiary/aromatic N) is 1. The molecule has 0 aliphatic heterocycles. The van der Waals surface area contributed by atoms with Crippen LogP contribution in [-0.2, 0) is 6.42 Å². The highest BCUT2D eigenvalue weighted by atomic mass is 79.9. The van der Waals surface area contributed by atoms with E-state index < -0.39 is 0 Å². The predicted molar refractivity (Wildman–Crippen MR) is 83.2 cm³/mol. The van der Waals surface area contributed by atoms with E-state index in [1.54, 1.807) is 0 Å². The average molecular weight is 337 g/mol. The summed E-state index contributed by atoms with van der Waals surface area (Å²) in [5, 5.41) is 3.49. The van der Waals surface area contributed by atoms with Crippen molar-refractivity contribution in [1.82, 2.24) is 10.3 Å². The summed E-state index contributed by atoms with van der Waals surface area (Å²) in [6.45, 7) is 5.03. The molecule has 0 aliphatic rings. The van der Waals surface area contributed by atoms with E-state index in [4.69, 9.17) is 0 Å². The van der Waals surface area contributed by atoms with Gasteiger partial charge in [-0.25, -0.2) is 4.39 Å². The summed E-state index contributed by atoms with van der Waals surface area (Å²) in [5.74, 6) is -0.228. The van der Waals surface area contributed by atoms with Gasteiger partial charge < -0.3 is 5.32 Å². The van der Waals surface area contributed by atoms with Crippen LogP contribution in [0.5, 0.6) is 0 Å². The molecule has 0 bridgehead atoms. The van der Waals surface area contributed by atoms with Crippen molar-refractivity contribution >= 4 is 15.9 Å². The molecule has 0 amide bonds. The summed E-state index contributed by atoms with van der Waals surface area (Å²) in [5.41, 5.74) is 3.50. The third kappa shape index (κ3) is 3.64. The minimum atomic E-state index is -0.228. The molecule has 2 aromatic rings. The molecule has 20 heavy (non-hydrogen) atoms. The summed E-state index contributed by atoms with van der Waals surface area (Å²) >= 11 is 3.24. The van der Waals surface area contributed by atoms with Crippen LogP contribution in [0.15, 0.2) is 41.1 Å². The maximum absolute atomic E-state index is 13.3. The summed E-state index contributed by atoms with van der Waals surface area (Å²) in [6.07, 6.45) is 4.51. The number of halogens is 2. The molecule has 4 heteroatoms. The Kier molecular flexibility index (Phi) is 5.26. The van der Waals surface area contributed by atoms with Gasteiger partial charge in [0.15, 0.2) is 0 Å². The van der Waals surface area contributed by atoms with E-state index in [-0.39, 0.29) is 11.9 Å². The lowest BCUT2D eigenvalue weighted by Gasteiger charge is -2.20. The second-order valence-corrected chi connectivity index (χ2v) is 5.65. The Morgan fingerprint density at radius 1 is 1.35 bits per heavy atom. The number of likely N-dealkylation sites (N-methyl/N-ethyl adjacent to an activating group) is 1. The van der Waals surface area contributed by atoms with Crippen LogP contribution in [0.2, 0.25) is 0 Å². The Bertz CT molecular complexity index is 586. The monoisotopic (exact) mass is 336 g/mol. The topological polar surface area (TPSA) is 24.9 Å². The van der Waals surface area contributed by atoms with Crippen molar-refractivity contribution in [3.8, 4) is 0 Å². The van der Waals surface area contributed by atoms with Crippen molar-refractivity contribution < 1.29 is 4.39 Å².